The van der Waals surface area contributed by atoms with Crippen molar-refractivity contribution in [1.29, 1.82) is 0 Å². The number of carbonyl (C=O) groups excluding carboxylic acids is 3. The fraction of sp³-hybridized carbons (Fsp3) is 0.278. The number of hydrogen-bond acceptors (Lipinski definition) is 5. The number of ether oxygens (including phenoxy) is 1. The van der Waals surface area contributed by atoms with Gasteiger partial charge in [-0.25, -0.2) is 4.39 Å². The van der Waals surface area contributed by atoms with E-state index in [0.717, 1.165) is 4.88 Å². The number of Topliss-reactive ketones (excluding diaryl/α,β-unsaturated/α-hetero) is 1. The van der Waals surface area contributed by atoms with E-state index in [4.69, 9.17) is 0 Å². The summed E-state index contributed by atoms with van der Waals surface area (Å²) in [5.74, 6) is -1.43. The number of rotatable bonds is 8. The van der Waals surface area contributed by atoms with Crippen LogP contribution in [0.1, 0.15) is 40.5 Å². The largest absolute Gasteiger partial charge is 0.469 e. The van der Waals surface area contributed by atoms with Crippen LogP contribution in [0.5, 0.6) is 0 Å². The van der Waals surface area contributed by atoms with Crippen molar-refractivity contribution in [2.75, 3.05) is 7.11 Å². The Labute approximate surface area is 148 Å². The molecule has 1 heterocycles. The van der Waals surface area contributed by atoms with Gasteiger partial charge in [0.1, 0.15) is 5.82 Å². The minimum Gasteiger partial charge on any atom is -0.469 e. The highest BCUT2D eigenvalue weighted by molar-refractivity contribution is 7.10. The lowest BCUT2D eigenvalue weighted by atomic mass is 10.1. The second-order valence-electron chi connectivity index (χ2n) is 5.35. The summed E-state index contributed by atoms with van der Waals surface area (Å²) in [6.45, 7) is 0. The van der Waals surface area contributed by atoms with E-state index >= 15 is 0 Å². The maximum Gasteiger partial charge on any atom is 0.307 e. The molecular formula is C18H18FNO4S. The molecule has 0 saturated carbocycles. The molecule has 7 heteroatoms. The number of thiophene rings is 1. The predicted molar refractivity (Wildman–Crippen MR) is 91.8 cm³/mol. The molecular weight excluding hydrogens is 345 g/mol. The molecule has 132 valence electrons. The van der Waals surface area contributed by atoms with E-state index in [1.54, 1.807) is 0 Å². The molecule has 0 aliphatic carbocycles. The number of amides is 1. The number of halogens is 1. The summed E-state index contributed by atoms with van der Waals surface area (Å²) < 4.78 is 17.5. The van der Waals surface area contributed by atoms with Crippen molar-refractivity contribution in [3.8, 4) is 0 Å². The van der Waals surface area contributed by atoms with Crippen molar-refractivity contribution in [2.45, 2.75) is 25.3 Å². The molecule has 1 aromatic carbocycles. The van der Waals surface area contributed by atoms with Crippen LogP contribution in [-0.2, 0) is 14.3 Å². The maximum atomic E-state index is 12.9. The highest BCUT2D eigenvalue weighted by Crippen LogP contribution is 2.22. The number of hydrogen-bond donors (Lipinski definition) is 1. The van der Waals surface area contributed by atoms with Gasteiger partial charge in [0.15, 0.2) is 5.78 Å². The van der Waals surface area contributed by atoms with E-state index in [1.165, 1.54) is 42.7 Å². The first kappa shape index (κ1) is 18.8. The quantitative estimate of drug-likeness (QED) is 0.577. The molecule has 0 bridgehead atoms. The van der Waals surface area contributed by atoms with Gasteiger partial charge in [-0.05, 0) is 35.7 Å². The first-order valence-corrected chi connectivity index (χ1v) is 8.56. The molecule has 0 aliphatic heterocycles. The van der Waals surface area contributed by atoms with E-state index in [1.807, 2.05) is 17.5 Å². The fourth-order valence-corrected chi connectivity index (χ4v) is 3.01. The van der Waals surface area contributed by atoms with Gasteiger partial charge in [0.2, 0.25) is 5.91 Å². The molecule has 0 spiro atoms. The molecule has 2 aromatic rings. The number of carbonyl (C=O) groups is 3. The summed E-state index contributed by atoms with van der Waals surface area (Å²) in [5, 5.41) is 4.61. The van der Waals surface area contributed by atoms with Crippen molar-refractivity contribution in [2.24, 2.45) is 0 Å². The van der Waals surface area contributed by atoms with Crippen LogP contribution in [0.25, 0.3) is 0 Å². The second kappa shape index (κ2) is 9.08. The predicted octanol–water partition coefficient (Wildman–Crippen LogP) is 3.27. The van der Waals surface area contributed by atoms with Crippen LogP contribution in [0, 0.1) is 5.82 Å². The van der Waals surface area contributed by atoms with Crippen molar-refractivity contribution in [3.63, 3.8) is 0 Å². The molecule has 25 heavy (non-hydrogen) atoms. The summed E-state index contributed by atoms with van der Waals surface area (Å²) in [5.41, 5.74) is 0.360. The summed E-state index contributed by atoms with van der Waals surface area (Å²) >= 11 is 1.42. The normalized spacial score (nSPS) is 11.6. The van der Waals surface area contributed by atoms with E-state index < -0.39 is 17.8 Å². The van der Waals surface area contributed by atoms with Crippen LogP contribution >= 0.6 is 11.3 Å². The Balaban J connectivity index is 1.91. The summed E-state index contributed by atoms with van der Waals surface area (Å²) in [6, 6.07) is 8.35. The topological polar surface area (TPSA) is 72.5 Å². The van der Waals surface area contributed by atoms with Gasteiger partial charge in [0.25, 0.3) is 0 Å². The van der Waals surface area contributed by atoms with Crippen LogP contribution in [0.15, 0.2) is 41.8 Å². The zero-order chi connectivity index (χ0) is 18.2. The highest BCUT2D eigenvalue weighted by atomic mass is 32.1. The molecule has 1 amide bonds. The van der Waals surface area contributed by atoms with Gasteiger partial charge < -0.3 is 10.1 Å². The fourth-order valence-electron chi connectivity index (χ4n) is 2.24. The molecule has 1 N–H and O–H groups in total. The Morgan fingerprint density at radius 3 is 2.48 bits per heavy atom. The van der Waals surface area contributed by atoms with Gasteiger partial charge in [-0.1, -0.05) is 6.07 Å². The van der Waals surface area contributed by atoms with Crippen LogP contribution in [0.4, 0.5) is 4.39 Å². The van der Waals surface area contributed by atoms with Gasteiger partial charge >= 0.3 is 5.97 Å². The number of esters is 1. The second-order valence-corrected chi connectivity index (χ2v) is 6.33. The van der Waals surface area contributed by atoms with Gasteiger partial charge in [-0.15, -0.1) is 11.3 Å². The lowest BCUT2D eigenvalue weighted by molar-refractivity contribution is -0.141. The lowest BCUT2D eigenvalue weighted by Crippen LogP contribution is -2.30. The Kier molecular flexibility index (Phi) is 6.82. The molecule has 2 rings (SSSR count). The van der Waals surface area contributed by atoms with Crippen molar-refractivity contribution in [3.05, 3.63) is 58.0 Å². The minimum absolute atomic E-state index is 0.00680. The molecule has 0 aliphatic rings. The zero-order valence-electron chi connectivity index (χ0n) is 13.7. The van der Waals surface area contributed by atoms with Crippen LogP contribution in [0.2, 0.25) is 0 Å². The number of methoxy groups -OCH3 is 1. The van der Waals surface area contributed by atoms with Crippen molar-refractivity contribution >= 4 is 29.0 Å². The minimum atomic E-state index is -0.485. The van der Waals surface area contributed by atoms with Gasteiger partial charge in [0, 0.05) is 23.3 Å². The standard InChI is InChI=1S/C18H18FNO4S/c1-24-18(23)11-14(16-3-2-10-25-16)20-17(22)9-8-15(21)12-4-6-13(19)7-5-12/h2-7,10,14H,8-9,11H2,1H3,(H,20,22). The van der Waals surface area contributed by atoms with Crippen molar-refractivity contribution in [1.82, 2.24) is 5.32 Å². The Morgan fingerprint density at radius 2 is 1.88 bits per heavy atom. The SMILES string of the molecule is COC(=O)CC(NC(=O)CCC(=O)c1ccc(F)cc1)c1cccs1. The first-order valence-electron chi connectivity index (χ1n) is 7.68. The number of benzene rings is 1. The van der Waals surface area contributed by atoms with Crippen LogP contribution < -0.4 is 5.32 Å². The molecule has 0 saturated heterocycles. The molecule has 1 aromatic heterocycles. The lowest BCUT2D eigenvalue weighted by Gasteiger charge is -2.16. The van der Waals surface area contributed by atoms with E-state index in [-0.39, 0.29) is 31.0 Å². The Morgan fingerprint density at radius 1 is 1.16 bits per heavy atom. The average molecular weight is 363 g/mol. The van der Waals surface area contributed by atoms with E-state index in [0.29, 0.717) is 5.56 Å². The molecule has 0 fully saturated rings. The van der Waals surface area contributed by atoms with Gasteiger partial charge in [-0.3, -0.25) is 14.4 Å². The van der Waals surface area contributed by atoms with Crippen LogP contribution in [-0.4, -0.2) is 24.8 Å². The molecule has 1 atom stereocenters. The van der Waals surface area contributed by atoms with E-state index in [9.17, 15) is 18.8 Å². The Bertz CT molecular complexity index is 728. The monoisotopic (exact) mass is 363 g/mol. The summed E-state index contributed by atoms with van der Waals surface area (Å²) in [7, 11) is 1.29. The third kappa shape index (κ3) is 5.79. The van der Waals surface area contributed by atoms with Gasteiger partial charge in [-0.2, -0.15) is 0 Å². The van der Waals surface area contributed by atoms with Crippen LogP contribution in [0.3, 0.4) is 0 Å². The third-order valence-electron chi connectivity index (χ3n) is 3.57. The summed E-state index contributed by atoms with van der Waals surface area (Å²) in [4.78, 5) is 36.5. The molecule has 1 unspecified atom stereocenters. The third-order valence-corrected chi connectivity index (χ3v) is 4.55. The highest BCUT2D eigenvalue weighted by Gasteiger charge is 2.20. The zero-order valence-corrected chi connectivity index (χ0v) is 14.5. The number of ketones is 1. The van der Waals surface area contributed by atoms with E-state index in [2.05, 4.69) is 10.1 Å². The Hall–Kier alpha value is -2.54. The summed E-state index contributed by atoms with van der Waals surface area (Å²) in [6.07, 6.45) is 0.0147. The average Bonchev–Trinajstić information content (AvgIpc) is 3.14. The van der Waals surface area contributed by atoms with Gasteiger partial charge in [0.05, 0.1) is 19.6 Å². The number of nitrogens with one attached hydrogen (secondary N) is 1. The first-order chi connectivity index (χ1) is 12.0. The molecule has 0 radical (unpaired) electrons. The van der Waals surface area contributed by atoms with Crippen molar-refractivity contribution < 1.29 is 23.5 Å². The maximum absolute atomic E-state index is 12.9. The molecule has 5 nitrogen and oxygen atoms in total. The smallest absolute Gasteiger partial charge is 0.307 e.